The number of carbonyl (C=O) groups is 2. The average molecular weight is 272 g/mol. The molecule has 1 saturated carbocycles. The molecular weight excluding hydrogens is 248 g/mol. The molecule has 2 unspecified atom stereocenters. The number of amides is 2. The standard InChI is InChI=1S/C13H24N2O4/c1-13(2,3)10(11(16)17)15-12(18)14-8-6-5-7-9(8)19-4/h8-10H,5-7H2,1-4H3,(H,16,17)(H2,14,15,18)/t8?,9?,10-/m0/s1. The third-order valence-electron chi connectivity index (χ3n) is 3.46. The number of hydrogen-bond acceptors (Lipinski definition) is 3. The SMILES string of the molecule is COC1CCCC1NC(=O)N[C@@H](C(=O)O)C(C)(C)C. The monoisotopic (exact) mass is 272 g/mol. The molecule has 3 N–H and O–H groups in total. The van der Waals surface area contributed by atoms with Gasteiger partial charge in [-0.2, -0.15) is 0 Å². The van der Waals surface area contributed by atoms with Crippen LogP contribution in [0.25, 0.3) is 0 Å². The van der Waals surface area contributed by atoms with Crippen LogP contribution in [0.15, 0.2) is 0 Å². The number of carboxylic acid groups (broad SMARTS) is 1. The van der Waals surface area contributed by atoms with Crippen molar-refractivity contribution in [2.75, 3.05) is 7.11 Å². The first kappa shape index (κ1) is 15.8. The van der Waals surface area contributed by atoms with E-state index in [4.69, 9.17) is 9.84 Å². The van der Waals surface area contributed by atoms with Crippen LogP contribution in [0.5, 0.6) is 0 Å². The van der Waals surface area contributed by atoms with Crippen LogP contribution in [-0.4, -0.2) is 42.4 Å². The Morgan fingerprint density at radius 3 is 2.42 bits per heavy atom. The smallest absolute Gasteiger partial charge is 0.326 e. The summed E-state index contributed by atoms with van der Waals surface area (Å²) in [6.07, 6.45) is 2.80. The van der Waals surface area contributed by atoms with E-state index in [0.29, 0.717) is 0 Å². The van der Waals surface area contributed by atoms with E-state index in [2.05, 4.69) is 10.6 Å². The van der Waals surface area contributed by atoms with Gasteiger partial charge >= 0.3 is 12.0 Å². The molecule has 0 aromatic rings. The van der Waals surface area contributed by atoms with Crippen LogP contribution in [0, 0.1) is 5.41 Å². The van der Waals surface area contributed by atoms with E-state index in [1.165, 1.54) is 0 Å². The average Bonchev–Trinajstić information content (AvgIpc) is 2.71. The third-order valence-corrected chi connectivity index (χ3v) is 3.46. The molecule has 1 rings (SSSR count). The summed E-state index contributed by atoms with van der Waals surface area (Å²) < 4.78 is 5.29. The lowest BCUT2D eigenvalue weighted by molar-refractivity contribution is -0.141. The minimum absolute atomic E-state index is 0.0173. The number of hydrogen-bond donors (Lipinski definition) is 3. The van der Waals surface area contributed by atoms with E-state index in [9.17, 15) is 9.59 Å². The van der Waals surface area contributed by atoms with Crippen molar-refractivity contribution in [1.82, 2.24) is 10.6 Å². The molecule has 6 nitrogen and oxygen atoms in total. The number of carbonyl (C=O) groups excluding carboxylic acids is 1. The van der Waals surface area contributed by atoms with Gasteiger partial charge in [0.25, 0.3) is 0 Å². The molecule has 6 heteroatoms. The Bertz CT molecular complexity index is 338. The van der Waals surface area contributed by atoms with Gasteiger partial charge in [0.05, 0.1) is 12.1 Å². The fourth-order valence-electron chi connectivity index (χ4n) is 2.36. The fraction of sp³-hybridized carbons (Fsp3) is 0.846. The van der Waals surface area contributed by atoms with E-state index in [1.807, 2.05) is 0 Å². The van der Waals surface area contributed by atoms with Crippen LogP contribution in [0.1, 0.15) is 40.0 Å². The molecule has 0 spiro atoms. The van der Waals surface area contributed by atoms with Crippen LogP contribution in [0.4, 0.5) is 4.79 Å². The van der Waals surface area contributed by atoms with Gasteiger partial charge in [0.15, 0.2) is 0 Å². The zero-order valence-corrected chi connectivity index (χ0v) is 12.0. The van der Waals surface area contributed by atoms with Gasteiger partial charge in [-0.05, 0) is 24.7 Å². The fourth-order valence-corrected chi connectivity index (χ4v) is 2.36. The van der Waals surface area contributed by atoms with Crippen LogP contribution < -0.4 is 10.6 Å². The number of carboxylic acids is 1. The lowest BCUT2D eigenvalue weighted by atomic mass is 9.87. The summed E-state index contributed by atoms with van der Waals surface area (Å²) in [5.74, 6) is -1.03. The predicted molar refractivity (Wildman–Crippen MR) is 71.0 cm³/mol. The summed E-state index contributed by atoms with van der Waals surface area (Å²) in [5.41, 5.74) is -0.542. The van der Waals surface area contributed by atoms with Crippen molar-refractivity contribution in [3.8, 4) is 0 Å². The van der Waals surface area contributed by atoms with Gasteiger partial charge < -0.3 is 20.5 Å². The van der Waals surface area contributed by atoms with Gasteiger partial charge in [-0.15, -0.1) is 0 Å². The quantitative estimate of drug-likeness (QED) is 0.721. The number of ether oxygens (including phenoxy) is 1. The highest BCUT2D eigenvalue weighted by Gasteiger charge is 2.34. The van der Waals surface area contributed by atoms with Gasteiger partial charge in [-0.1, -0.05) is 20.8 Å². The highest BCUT2D eigenvalue weighted by Crippen LogP contribution is 2.22. The molecular formula is C13H24N2O4. The van der Waals surface area contributed by atoms with Crippen LogP contribution in [0.2, 0.25) is 0 Å². The third kappa shape index (κ3) is 4.38. The van der Waals surface area contributed by atoms with Gasteiger partial charge in [0.1, 0.15) is 6.04 Å². The van der Waals surface area contributed by atoms with Gasteiger partial charge in [0, 0.05) is 7.11 Å². The summed E-state index contributed by atoms with van der Waals surface area (Å²) in [7, 11) is 1.62. The van der Waals surface area contributed by atoms with E-state index >= 15 is 0 Å². The van der Waals surface area contributed by atoms with E-state index in [1.54, 1.807) is 27.9 Å². The van der Waals surface area contributed by atoms with Crippen molar-refractivity contribution in [2.45, 2.75) is 58.2 Å². The van der Waals surface area contributed by atoms with E-state index < -0.39 is 23.5 Å². The first-order chi connectivity index (χ1) is 8.75. The first-order valence-corrected chi connectivity index (χ1v) is 6.58. The Labute approximate surface area is 113 Å². The molecule has 1 fully saturated rings. The second-order valence-electron chi connectivity index (χ2n) is 6.07. The molecule has 110 valence electrons. The molecule has 0 bridgehead atoms. The molecule has 0 aromatic carbocycles. The van der Waals surface area contributed by atoms with Gasteiger partial charge in [0.2, 0.25) is 0 Å². The molecule has 0 saturated heterocycles. The predicted octanol–water partition coefficient (Wildman–Crippen LogP) is 1.35. The molecule has 2 amide bonds. The first-order valence-electron chi connectivity index (χ1n) is 6.58. The zero-order chi connectivity index (χ0) is 14.6. The summed E-state index contributed by atoms with van der Waals surface area (Å²) in [6.45, 7) is 5.33. The maximum Gasteiger partial charge on any atom is 0.326 e. The minimum atomic E-state index is -1.03. The normalized spacial score (nSPS) is 24.8. The summed E-state index contributed by atoms with van der Waals surface area (Å²) in [6, 6.07) is -1.41. The van der Waals surface area contributed by atoms with Gasteiger partial charge in [-0.25, -0.2) is 9.59 Å². The summed E-state index contributed by atoms with van der Waals surface area (Å²) >= 11 is 0. The van der Waals surface area contributed by atoms with Crippen molar-refractivity contribution in [3.05, 3.63) is 0 Å². The van der Waals surface area contributed by atoms with Gasteiger partial charge in [-0.3, -0.25) is 0 Å². The zero-order valence-electron chi connectivity index (χ0n) is 12.0. The highest BCUT2D eigenvalue weighted by atomic mass is 16.5. The molecule has 1 aliphatic carbocycles. The molecule has 0 radical (unpaired) electrons. The number of methoxy groups -OCH3 is 1. The Kier molecular flexibility index (Phi) is 5.17. The number of nitrogens with one attached hydrogen (secondary N) is 2. The largest absolute Gasteiger partial charge is 0.480 e. The molecule has 0 aliphatic heterocycles. The number of urea groups is 1. The van der Waals surface area contributed by atoms with E-state index in [-0.39, 0.29) is 12.1 Å². The Balaban J connectivity index is 2.56. The van der Waals surface area contributed by atoms with Crippen molar-refractivity contribution in [3.63, 3.8) is 0 Å². The summed E-state index contributed by atoms with van der Waals surface area (Å²) in [4.78, 5) is 23.1. The maximum atomic E-state index is 11.9. The second-order valence-corrected chi connectivity index (χ2v) is 6.07. The highest BCUT2D eigenvalue weighted by molar-refractivity contribution is 5.83. The molecule has 3 atom stereocenters. The van der Waals surface area contributed by atoms with Crippen LogP contribution in [0.3, 0.4) is 0 Å². The molecule has 1 aliphatic rings. The van der Waals surface area contributed by atoms with Crippen LogP contribution in [-0.2, 0) is 9.53 Å². The maximum absolute atomic E-state index is 11.9. The lowest BCUT2D eigenvalue weighted by Gasteiger charge is -2.29. The topological polar surface area (TPSA) is 87.7 Å². The molecule has 19 heavy (non-hydrogen) atoms. The van der Waals surface area contributed by atoms with Crippen molar-refractivity contribution >= 4 is 12.0 Å². The van der Waals surface area contributed by atoms with E-state index in [0.717, 1.165) is 19.3 Å². The molecule has 0 heterocycles. The van der Waals surface area contributed by atoms with Crippen molar-refractivity contribution in [1.29, 1.82) is 0 Å². The van der Waals surface area contributed by atoms with Crippen LogP contribution >= 0.6 is 0 Å². The second kappa shape index (κ2) is 6.23. The Hall–Kier alpha value is -1.30. The minimum Gasteiger partial charge on any atom is -0.480 e. The Morgan fingerprint density at radius 2 is 1.95 bits per heavy atom. The molecule has 0 aromatic heterocycles. The number of rotatable bonds is 4. The Morgan fingerprint density at radius 1 is 1.32 bits per heavy atom. The van der Waals surface area contributed by atoms with Crippen molar-refractivity contribution in [2.24, 2.45) is 5.41 Å². The van der Waals surface area contributed by atoms with Crippen molar-refractivity contribution < 1.29 is 19.4 Å². The lowest BCUT2D eigenvalue weighted by Crippen LogP contribution is -2.55. The summed E-state index contributed by atoms with van der Waals surface area (Å²) in [5, 5.41) is 14.5. The number of aliphatic carboxylic acids is 1.